The maximum atomic E-state index is 12.9. The highest BCUT2D eigenvalue weighted by Crippen LogP contribution is 2.51. The zero-order valence-corrected chi connectivity index (χ0v) is 18.4. The Bertz CT molecular complexity index is 1220. The van der Waals surface area contributed by atoms with Crippen molar-refractivity contribution in [2.24, 2.45) is 5.92 Å². The highest BCUT2D eigenvalue weighted by molar-refractivity contribution is 7.99. The molecule has 2 heterocycles. The summed E-state index contributed by atoms with van der Waals surface area (Å²) in [5.74, 6) is 2.52. The molecule has 6 rings (SSSR count). The molecule has 5 nitrogen and oxygen atoms in total. The number of carbonyl (C=O) groups excluding carboxylic acids is 1. The Morgan fingerprint density at radius 2 is 1.88 bits per heavy atom. The second-order valence-corrected chi connectivity index (χ2v) is 9.59. The first-order valence-corrected chi connectivity index (χ1v) is 11.8. The SMILES string of the molecule is O=C(C1CCC1)N1CCOc2c(O)cc(-c3cccc4c3Oc3ccccc3S4)cc2C1. The van der Waals surface area contributed by atoms with Crippen LogP contribution in [0.25, 0.3) is 11.1 Å². The third-order valence-corrected chi connectivity index (χ3v) is 7.55. The summed E-state index contributed by atoms with van der Waals surface area (Å²) < 4.78 is 12.1. The molecule has 0 atom stereocenters. The van der Waals surface area contributed by atoms with Crippen molar-refractivity contribution in [2.45, 2.75) is 35.6 Å². The second kappa shape index (κ2) is 7.78. The maximum Gasteiger partial charge on any atom is 0.226 e. The Morgan fingerprint density at radius 1 is 1.03 bits per heavy atom. The van der Waals surface area contributed by atoms with E-state index in [1.54, 1.807) is 17.8 Å². The molecular weight excluding hydrogens is 422 g/mol. The number of amides is 1. The number of carbonyl (C=O) groups is 1. The molecule has 0 aromatic heterocycles. The number of nitrogens with zero attached hydrogens (tertiary/aromatic N) is 1. The summed E-state index contributed by atoms with van der Waals surface area (Å²) in [6, 6.07) is 17.8. The third-order valence-electron chi connectivity index (χ3n) is 6.45. The van der Waals surface area contributed by atoms with Gasteiger partial charge in [-0.3, -0.25) is 4.79 Å². The summed E-state index contributed by atoms with van der Waals surface area (Å²) in [5.41, 5.74) is 2.58. The van der Waals surface area contributed by atoms with Crippen LogP contribution in [0.15, 0.2) is 64.4 Å². The van der Waals surface area contributed by atoms with Gasteiger partial charge in [0.25, 0.3) is 0 Å². The smallest absolute Gasteiger partial charge is 0.226 e. The summed E-state index contributed by atoms with van der Waals surface area (Å²) in [6.45, 7) is 1.37. The molecule has 2 aliphatic heterocycles. The van der Waals surface area contributed by atoms with E-state index in [2.05, 4.69) is 6.07 Å². The zero-order valence-electron chi connectivity index (χ0n) is 17.5. The molecule has 6 heteroatoms. The minimum Gasteiger partial charge on any atom is -0.504 e. The number of hydrogen-bond donors (Lipinski definition) is 1. The molecule has 1 saturated carbocycles. The molecular formula is C26H23NO4S. The van der Waals surface area contributed by atoms with Gasteiger partial charge in [0.1, 0.15) is 18.1 Å². The van der Waals surface area contributed by atoms with Gasteiger partial charge in [-0.15, -0.1) is 0 Å². The van der Waals surface area contributed by atoms with Crippen molar-refractivity contribution >= 4 is 17.7 Å². The lowest BCUT2D eigenvalue weighted by molar-refractivity contribution is -0.138. The number of phenolic OH excluding ortho intramolecular Hbond substituents is 1. The Hall–Kier alpha value is -3.12. The van der Waals surface area contributed by atoms with Gasteiger partial charge < -0.3 is 19.5 Å². The first-order valence-electron chi connectivity index (χ1n) is 11.0. The minimum atomic E-state index is 0.0944. The van der Waals surface area contributed by atoms with E-state index >= 15 is 0 Å². The van der Waals surface area contributed by atoms with Crippen LogP contribution in [0.5, 0.6) is 23.0 Å². The summed E-state index contributed by atoms with van der Waals surface area (Å²) in [4.78, 5) is 16.9. The summed E-state index contributed by atoms with van der Waals surface area (Å²) in [6.07, 6.45) is 3.07. The number of fused-ring (bicyclic) bond motifs is 3. The molecule has 0 unspecified atom stereocenters. The minimum absolute atomic E-state index is 0.0944. The molecule has 1 fully saturated rings. The van der Waals surface area contributed by atoms with Crippen LogP contribution in [0, 0.1) is 5.92 Å². The van der Waals surface area contributed by atoms with E-state index in [-0.39, 0.29) is 17.6 Å². The van der Waals surface area contributed by atoms with Crippen LogP contribution in [0.2, 0.25) is 0 Å². The van der Waals surface area contributed by atoms with E-state index in [0.29, 0.717) is 25.4 Å². The summed E-state index contributed by atoms with van der Waals surface area (Å²) >= 11 is 1.68. The molecule has 32 heavy (non-hydrogen) atoms. The standard InChI is InChI=1S/C26H23NO4S/c28-20-14-17(13-18-15-27(11-12-30-24(18)20)26(29)16-5-3-6-16)19-7-4-10-23-25(19)31-21-8-1-2-9-22(21)32-23/h1-2,4,7-10,13-14,16,28H,3,5-6,11-12,15H2. The molecule has 3 aromatic carbocycles. The van der Waals surface area contributed by atoms with Crippen LogP contribution in [0.4, 0.5) is 0 Å². The first-order chi connectivity index (χ1) is 15.7. The third kappa shape index (κ3) is 3.30. The highest BCUT2D eigenvalue weighted by Gasteiger charge is 2.32. The Balaban J connectivity index is 1.38. The quantitative estimate of drug-likeness (QED) is 0.420. The van der Waals surface area contributed by atoms with Gasteiger partial charge >= 0.3 is 0 Å². The fourth-order valence-electron chi connectivity index (χ4n) is 4.53. The largest absolute Gasteiger partial charge is 0.504 e. The lowest BCUT2D eigenvalue weighted by Crippen LogP contribution is -2.39. The highest BCUT2D eigenvalue weighted by atomic mass is 32.2. The van der Waals surface area contributed by atoms with E-state index in [4.69, 9.17) is 9.47 Å². The Kier molecular flexibility index (Phi) is 4.76. The summed E-state index contributed by atoms with van der Waals surface area (Å²) in [7, 11) is 0. The molecule has 0 radical (unpaired) electrons. The molecule has 1 N–H and O–H groups in total. The first kappa shape index (κ1) is 19.6. The zero-order chi connectivity index (χ0) is 21.7. The molecule has 1 aliphatic carbocycles. The monoisotopic (exact) mass is 445 g/mol. The molecule has 0 bridgehead atoms. The molecule has 0 saturated heterocycles. The van der Waals surface area contributed by atoms with Crippen LogP contribution in [0.3, 0.4) is 0 Å². The number of benzene rings is 3. The van der Waals surface area contributed by atoms with E-state index < -0.39 is 0 Å². The predicted octanol–water partition coefficient (Wildman–Crippen LogP) is 5.84. The number of para-hydroxylation sites is 2. The van der Waals surface area contributed by atoms with E-state index in [1.165, 1.54) is 0 Å². The van der Waals surface area contributed by atoms with Gasteiger partial charge in [-0.1, -0.05) is 42.4 Å². The van der Waals surface area contributed by atoms with Gasteiger partial charge in [-0.25, -0.2) is 0 Å². The number of aromatic hydroxyl groups is 1. The Morgan fingerprint density at radius 3 is 2.72 bits per heavy atom. The Labute approximate surface area is 191 Å². The van der Waals surface area contributed by atoms with Gasteiger partial charge in [0, 0.05) is 23.6 Å². The number of hydrogen-bond acceptors (Lipinski definition) is 5. The van der Waals surface area contributed by atoms with Crippen molar-refractivity contribution in [2.75, 3.05) is 13.2 Å². The van der Waals surface area contributed by atoms with Crippen LogP contribution < -0.4 is 9.47 Å². The average molecular weight is 446 g/mol. The molecule has 0 spiro atoms. The lowest BCUT2D eigenvalue weighted by Gasteiger charge is -2.30. The molecule has 3 aromatic rings. The van der Waals surface area contributed by atoms with Crippen molar-refractivity contribution in [3.8, 4) is 34.1 Å². The summed E-state index contributed by atoms with van der Waals surface area (Å²) in [5, 5.41) is 10.8. The maximum absolute atomic E-state index is 12.9. The number of rotatable bonds is 2. The molecule has 162 valence electrons. The molecule has 1 amide bonds. The predicted molar refractivity (Wildman–Crippen MR) is 122 cm³/mol. The van der Waals surface area contributed by atoms with Crippen molar-refractivity contribution < 1.29 is 19.4 Å². The van der Waals surface area contributed by atoms with Crippen LogP contribution in [-0.4, -0.2) is 29.1 Å². The lowest BCUT2D eigenvalue weighted by atomic mass is 9.84. The van der Waals surface area contributed by atoms with Gasteiger partial charge in [0.05, 0.1) is 16.3 Å². The number of phenols is 1. The van der Waals surface area contributed by atoms with Crippen molar-refractivity contribution in [3.63, 3.8) is 0 Å². The topological polar surface area (TPSA) is 59.0 Å². The van der Waals surface area contributed by atoms with E-state index in [0.717, 1.165) is 57.2 Å². The average Bonchev–Trinajstić information content (AvgIpc) is 2.99. The fraction of sp³-hybridized carbons (Fsp3) is 0.269. The number of ether oxygens (including phenoxy) is 2. The fourth-order valence-corrected chi connectivity index (χ4v) is 5.52. The van der Waals surface area contributed by atoms with Gasteiger partial charge in [0.15, 0.2) is 11.5 Å². The van der Waals surface area contributed by atoms with Crippen LogP contribution in [0.1, 0.15) is 24.8 Å². The normalized spacial score (nSPS) is 17.1. The van der Waals surface area contributed by atoms with Gasteiger partial charge in [0.2, 0.25) is 5.91 Å². The van der Waals surface area contributed by atoms with Crippen molar-refractivity contribution in [1.29, 1.82) is 0 Å². The van der Waals surface area contributed by atoms with Gasteiger partial charge in [-0.2, -0.15) is 0 Å². The second-order valence-electron chi connectivity index (χ2n) is 8.50. The van der Waals surface area contributed by atoms with Crippen LogP contribution in [-0.2, 0) is 11.3 Å². The van der Waals surface area contributed by atoms with Gasteiger partial charge in [-0.05, 0) is 48.7 Å². The van der Waals surface area contributed by atoms with Crippen LogP contribution >= 0.6 is 11.8 Å². The van der Waals surface area contributed by atoms with E-state index in [1.807, 2.05) is 47.4 Å². The van der Waals surface area contributed by atoms with Crippen molar-refractivity contribution in [1.82, 2.24) is 4.90 Å². The van der Waals surface area contributed by atoms with E-state index in [9.17, 15) is 9.90 Å². The molecule has 3 aliphatic rings. The van der Waals surface area contributed by atoms with Crippen molar-refractivity contribution in [3.05, 3.63) is 60.2 Å².